The molecule has 2 aromatic rings. The van der Waals surface area contributed by atoms with Gasteiger partial charge in [-0.1, -0.05) is 42.0 Å². The summed E-state index contributed by atoms with van der Waals surface area (Å²) >= 11 is 0. The van der Waals surface area contributed by atoms with E-state index >= 15 is 0 Å². The highest BCUT2D eigenvalue weighted by Gasteiger charge is 2.41. The molecule has 2 aliphatic rings. The van der Waals surface area contributed by atoms with Crippen LogP contribution in [0, 0.1) is 6.92 Å². The van der Waals surface area contributed by atoms with Gasteiger partial charge in [-0.05, 0) is 37.5 Å². The lowest BCUT2D eigenvalue weighted by molar-refractivity contribution is 0.0666. The first-order chi connectivity index (χ1) is 10.2. The van der Waals surface area contributed by atoms with Crippen LogP contribution in [0.1, 0.15) is 40.5 Å². The average Bonchev–Trinajstić information content (AvgIpc) is 3.32. The number of aryl methyl sites for hydroxylation is 1. The SMILES string of the molecule is Cc1cccc([C@@H]2Nc3ccccc3C(=O)N2C2CC2)c1. The van der Waals surface area contributed by atoms with Gasteiger partial charge in [0.05, 0.1) is 5.56 Å². The minimum Gasteiger partial charge on any atom is -0.361 e. The van der Waals surface area contributed by atoms with Crippen molar-refractivity contribution in [2.24, 2.45) is 0 Å². The predicted octanol–water partition coefficient (Wildman–Crippen LogP) is 3.72. The molecule has 0 spiro atoms. The zero-order valence-corrected chi connectivity index (χ0v) is 12.0. The molecule has 1 heterocycles. The Balaban J connectivity index is 1.80. The fourth-order valence-electron chi connectivity index (χ4n) is 3.08. The van der Waals surface area contributed by atoms with E-state index in [9.17, 15) is 4.79 Å². The van der Waals surface area contributed by atoms with Crippen LogP contribution in [0.15, 0.2) is 48.5 Å². The van der Waals surface area contributed by atoms with Crippen molar-refractivity contribution in [3.8, 4) is 0 Å². The summed E-state index contributed by atoms with van der Waals surface area (Å²) in [5.41, 5.74) is 4.10. The van der Waals surface area contributed by atoms with E-state index in [0.717, 1.165) is 29.7 Å². The van der Waals surface area contributed by atoms with E-state index in [-0.39, 0.29) is 12.1 Å². The van der Waals surface area contributed by atoms with Gasteiger partial charge < -0.3 is 10.2 Å². The van der Waals surface area contributed by atoms with Gasteiger partial charge >= 0.3 is 0 Å². The van der Waals surface area contributed by atoms with Gasteiger partial charge in [-0.2, -0.15) is 0 Å². The van der Waals surface area contributed by atoms with Crippen LogP contribution in [0.4, 0.5) is 5.69 Å². The van der Waals surface area contributed by atoms with Crippen molar-refractivity contribution in [1.29, 1.82) is 0 Å². The molecule has 0 unspecified atom stereocenters. The van der Waals surface area contributed by atoms with Crippen LogP contribution in [-0.2, 0) is 0 Å². The van der Waals surface area contributed by atoms with Crippen molar-refractivity contribution in [2.75, 3.05) is 5.32 Å². The highest BCUT2D eigenvalue weighted by Crippen LogP contribution is 2.40. The maximum atomic E-state index is 12.9. The number of hydrogen-bond donors (Lipinski definition) is 1. The van der Waals surface area contributed by atoms with E-state index in [4.69, 9.17) is 0 Å². The van der Waals surface area contributed by atoms with E-state index in [1.807, 2.05) is 29.2 Å². The number of hydrogen-bond acceptors (Lipinski definition) is 2. The van der Waals surface area contributed by atoms with Gasteiger partial charge in [0, 0.05) is 11.7 Å². The summed E-state index contributed by atoms with van der Waals surface area (Å²) < 4.78 is 0. The fourth-order valence-corrected chi connectivity index (χ4v) is 3.08. The van der Waals surface area contributed by atoms with E-state index in [0.29, 0.717) is 6.04 Å². The molecule has 1 aliphatic heterocycles. The minimum atomic E-state index is -0.0557. The summed E-state index contributed by atoms with van der Waals surface area (Å²) in [4.78, 5) is 14.9. The van der Waals surface area contributed by atoms with E-state index in [2.05, 4.69) is 36.5 Å². The summed E-state index contributed by atoms with van der Waals surface area (Å²) in [5.74, 6) is 0.151. The molecule has 3 nitrogen and oxygen atoms in total. The monoisotopic (exact) mass is 278 g/mol. The molecular weight excluding hydrogens is 260 g/mol. The van der Waals surface area contributed by atoms with Gasteiger partial charge in [0.25, 0.3) is 5.91 Å². The quantitative estimate of drug-likeness (QED) is 0.908. The molecular formula is C18H18N2O. The number of rotatable bonds is 2. The number of nitrogens with zero attached hydrogens (tertiary/aromatic N) is 1. The maximum Gasteiger partial charge on any atom is 0.258 e. The van der Waals surface area contributed by atoms with Crippen molar-refractivity contribution in [2.45, 2.75) is 32.0 Å². The molecule has 0 bridgehead atoms. The summed E-state index contributed by atoms with van der Waals surface area (Å²) in [6.07, 6.45) is 2.16. The first-order valence-corrected chi connectivity index (χ1v) is 7.49. The van der Waals surface area contributed by atoms with Gasteiger partial charge in [0.1, 0.15) is 6.17 Å². The van der Waals surface area contributed by atoms with E-state index < -0.39 is 0 Å². The first kappa shape index (κ1) is 12.5. The second-order valence-electron chi connectivity index (χ2n) is 5.95. The average molecular weight is 278 g/mol. The van der Waals surface area contributed by atoms with E-state index in [1.165, 1.54) is 5.56 Å². The minimum absolute atomic E-state index is 0.0557. The Bertz CT molecular complexity index is 706. The Kier molecular flexibility index (Phi) is 2.74. The van der Waals surface area contributed by atoms with Gasteiger partial charge in [0.15, 0.2) is 0 Å². The Morgan fingerprint density at radius 2 is 1.90 bits per heavy atom. The van der Waals surface area contributed by atoms with Crippen molar-refractivity contribution >= 4 is 11.6 Å². The third kappa shape index (κ3) is 2.09. The number of carbonyl (C=O) groups excluding carboxylic acids is 1. The standard InChI is InChI=1S/C18H18N2O/c1-12-5-4-6-13(11-12)17-19-16-8-3-2-7-15(16)18(21)20(17)14-9-10-14/h2-8,11,14,17,19H,9-10H2,1H3/t17-/m1/s1. The Hall–Kier alpha value is -2.29. The van der Waals surface area contributed by atoms with Gasteiger partial charge in [0.2, 0.25) is 0 Å². The second kappa shape index (κ2) is 4.62. The molecule has 0 radical (unpaired) electrons. The lowest BCUT2D eigenvalue weighted by atomic mass is 10.0. The van der Waals surface area contributed by atoms with Crippen molar-refractivity contribution in [1.82, 2.24) is 4.90 Å². The van der Waals surface area contributed by atoms with Crippen LogP contribution in [0.5, 0.6) is 0 Å². The molecule has 1 atom stereocenters. The summed E-state index contributed by atoms with van der Waals surface area (Å²) in [7, 11) is 0. The molecule has 0 saturated heterocycles. The summed E-state index contributed by atoms with van der Waals surface area (Å²) in [6, 6.07) is 16.6. The lowest BCUT2D eigenvalue weighted by Gasteiger charge is -2.38. The molecule has 2 aromatic carbocycles. The molecule has 1 amide bonds. The molecule has 106 valence electrons. The molecule has 1 saturated carbocycles. The number of para-hydroxylation sites is 1. The highest BCUT2D eigenvalue weighted by atomic mass is 16.2. The Morgan fingerprint density at radius 3 is 2.67 bits per heavy atom. The largest absolute Gasteiger partial charge is 0.361 e. The van der Waals surface area contributed by atoms with Gasteiger partial charge in [-0.25, -0.2) is 0 Å². The smallest absolute Gasteiger partial charge is 0.258 e. The second-order valence-corrected chi connectivity index (χ2v) is 5.95. The number of anilines is 1. The first-order valence-electron chi connectivity index (χ1n) is 7.49. The van der Waals surface area contributed by atoms with Crippen molar-refractivity contribution in [3.63, 3.8) is 0 Å². The van der Waals surface area contributed by atoms with Crippen LogP contribution in [0.25, 0.3) is 0 Å². The molecule has 3 heteroatoms. The Labute approximate surface area is 124 Å². The fraction of sp³-hybridized carbons (Fsp3) is 0.278. The molecule has 4 rings (SSSR count). The molecule has 1 aliphatic carbocycles. The number of amides is 1. The van der Waals surface area contributed by atoms with Crippen LogP contribution in [-0.4, -0.2) is 16.8 Å². The zero-order valence-electron chi connectivity index (χ0n) is 12.0. The third-order valence-electron chi connectivity index (χ3n) is 4.26. The highest BCUT2D eigenvalue weighted by molar-refractivity contribution is 6.02. The molecule has 1 N–H and O–H groups in total. The van der Waals surface area contributed by atoms with Crippen LogP contribution < -0.4 is 5.32 Å². The normalized spacial score (nSPS) is 20.9. The topological polar surface area (TPSA) is 32.3 Å². The van der Waals surface area contributed by atoms with Crippen molar-refractivity contribution < 1.29 is 4.79 Å². The van der Waals surface area contributed by atoms with Gasteiger partial charge in [-0.15, -0.1) is 0 Å². The zero-order chi connectivity index (χ0) is 14.4. The third-order valence-corrected chi connectivity index (χ3v) is 4.26. The van der Waals surface area contributed by atoms with Crippen LogP contribution in [0.2, 0.25) is 0 Å². The van der Waals surface area contributed by atoms with Crippen molar-refractivity contribution in [3.05, 3.63) is 65.2 Å². The van der Waals surface area contributed by atoms with E-state index in [1.54, 1.807) is 0 Å². The lowest BCUT2D eigenvalue weighted by Crippen LogP contribution is -2.44. The summed E-state index contributed by atoms with van der Waals surface area (Å²) in [6.45, 7) is 2.09. The predicted molar refractivity (Wildman–Crippen MR) is 83.2 cm³/mol. The molecule has 1 fully saturated rings. The number of fused-ring (bicyclic) bond motifs is 1. The van der Waals surface area contributed by atoms with Gasteiger partial charge in [-0.3, -0.25) is 4.79 Å². The molecule has 0 aromatic heterocycles. The maximum absolute atomic E-state index is 12.9. The Morgan fingerprint density at radius 1 is 1.10 bits per heavy atom. The van der Waals surface area contributed by atoms with Crippen LogP contribution in [0.3, 0.4) is 0 Å². The number of carbonyl (C=O) groups is 1. The summed E-state index contributed by atoms with van der Waals surface area (Å²) in [5, 5.41) is 3.55. The number of benzene rings is 2. The van der Waals surface area contributed by atoms with Crippen LogP contribution >= 0.6 is 0 Å². The molecule has 21 heavy (non-hydrogen) atoms. The number of nitrogens with one attached hydrogen (secondary N) is 1.